The fraction of sp³-hybridized carbons (Fsp3) is 0.667. The largest absolute Gasteiger partial charge is 0.390 e. The first-order valence-corrected chi connectivity index (χ1v) is 9.61. The summed E-state index contributed by atoms with van der Waals surface area (Å²) in [6.45, 7) is 6.83. The van der Waals surface area contributed by atoms with Gasteiger partial charge in [-0.05, 0) is 71.3 Å². The van der Waals surface area contributed by atoms with E-state index in [1.54, 1.807) is 0 Å². The number of benzene rings is 1. The van der Waals surface area contributed by atoms with Gasteiger partial charge in [0.2, 0.25) is 0 Å². The highest BCUT2D eigenvalue weighted by molar-refractivity contribution is 5.94. The maximum absolute atomic E-state index is 12.7. The first-order valence-electron chi connectivity index (χ1n) is 9.61. The van der Waals surface area contributed by atoms with E-state index in [9.17, 15) is 9.90 Å². The van der Waals surface area contributed by atoms with Crippen molar-refractivity contribution < 1.29 is 14.6 Å². The molecule has 5 nitrogen and oxygen atoms in total. The predicted octanol–water partition coefficient (Wildman–Crippen LogP) is 2.57. The van der Waals surface area contributed by atoms with Crippen molar-refractivity contribution in [2.45, 2.75) is 51.2 Å². The quantitative estimate of drug-likeness (QED) is 0.772. The Morgan fingerprint density at radius 1 is 1.23 bits per heavy atom. The summed E-state index contributed by atoms with van der Waals surface area (Å²) in [5, 5.41) is 9.82. The van der Waals surface area contributed by atoms with Crippen LogP contribution in [0.4, 0.5) is 0 Å². The third kappa shape index (κ3) is 7.06. The monoisotopic (exact) mass is 362 g/mol. The Hall–Kier alpha value is -1.43. The van der Waals surface area contributed by atoms with Gasteiger partial charge in [-0.3, -0.25) is 4.79 Å². The molecule has 1 amide bonds. The number of carbonyl (C=O) groups excluding carboxylic acids is 1. The highest BCUT2D eigenvalue weighted by Crippen LogP contribution is 2.18. The van der Waals surface area contributed by atoms with Crippen LogP contribution in [-0.2, 0) is 11.2 Å². The van der Waals surface area contributed by atoms with Crippen molar-refractivity contribution in [3.8, 4) is 0 Å². The van der Waals surface area contributed by atoms with E-state index in [1.165, 1.54) is 0 Å². The zero-order valence-corrected chi connectivity index (χ0v) is 16.7. The Kier molecular flexibility index (Phi) is 7.62. The fourth-order valence-corrected chi connectivity index (χ4v) is 3.07. The van der Waals surface area contributed by atoms with E-state index in [1.807, 2.05) is 57.1 Å². The van der Waals surface area contributed by atoms with E-state index < -0.39 is 5.60 Å². The van der Waals surface area contributed by atoms with Gasteiger partial charge in [-0.15, -0.1) is 0 Å². The lowest BCUT2D eigenvalue weighted by Crippen LogP contribution is -2.41. The molecular formula is C21H34N2O3. The highest BCUT2D eigenvalue weighted by atomic mass is 16.5. The second kappa shape index (κ2) is 9.49. The van der Waals surface area contributed by atoms with Crippen LogP contribution in [0.25, 0.3) is 0 Å². The number of amides is 1. The zero-order chi connectivity index (χ0) is 19.2. The number of aryl methyl sites for hydroxylation is 1. The summed E-state index contributed by atoms with van der Waals surface area (Å²) < 4.78 is 5.90. The van der Waals surface area contributed by atoms with Crippen LogP contribution < -0.4 is 0 Å². The zero-order valence-electron chi connectivity index (χ0n) is 16.7. The van der Waals surface area contributed by atoms with Crippen molar-refractivity contribution in [2.24, 2.45) is 0 Å². The summed E-state index contributed by atoms with van der Waals surface area (Å²) in [5.74, 6) is 0.103. The number of piperidine rings is 1. The van der Waals surface area contributed by atoms with Crippen LogP contribution in [-0.4, -0.2) is 72.9 Å². The van der Waals surface area contributed by atoms with Gasteiger partial charge in [0, 0.05) is 25.2 Å². The van der Waals surface area contributed by atoms with Crippen LogP contribution in [0.1, 0.15) is 49.0 Å². The van der Waals surface area contributed by atoms with Gasteiger partial charge in [-0.1, -0.05) is 12.1 Å². The van der Waals surface area contributed by atoms with Gasteiger partial charge in [-0.25, -0.2) is 0 Å². The molecule has 1 heterocycles. The van der Waals surface area contributed by atoms with Crippen LogP contribution in [0.5, 0.6) is 0 Å². The molecule has 0 unspecified atom stereocenters. The predicted molar refractivity (Wildman–Crippen MR) is 104 cm³/mol. The van der Waals surface area contributed by atoms with Crippen LogP contribution >= 0.6 is 0 Å². The Bertz CT molecular complexity index is 556. The number of nitrogens with zero attached hydrogens (tertiary/aromatic N) is 2. The first kappa shape index (κ1) is 20.9. The average Bonchev–Trinajstić information content (AvgIpc) is 2.59. The average molecular weight is 363 g/mol. The standard InChI is InChI=1S/C21H34N2O3/c1-21(2,25)12-9-17-5-7-18(8-6-17)20(24)23-13-10-19(11-14-23)26-16-15-22(3)4/h5-8,19,25H,9-16H2,1-4H3. The maximum Gasteiger partial charge on any atom is 0.253 e. The smallest absolute Gasteiger partial charge is 0.253 e. The van der Waals surface area contributed by atoms with Crippen LogP contribution in [0.15, 0.2) is 24.3 Å². The molecule has 2 rings (SSSR count). The van der Waals surface area contributed by atoms with Crippen LogP contribution in [0.2, 0.25) is 0 Å². The second-order valence-corrected chi connectivity index (χ2v) is 8.17. The molecule has 0 atom stereocenters. The van der Waals surface area contributed by atoms with Gasteiger partial charge in [0.15, 0.2) is 0 Å². The number of hydrogen-bond donors (Lipinski definition) is 1. The van der Waals surface area contributed by atoms with Gasteiger partial charge in [0.05, 0.1) is 18.3 Å². The summed E-state index contributed by atoms with van der Waals surface area (Å²) >= 11 is 0. The normalized spacial score (nSPS) is 16.3. The van der Waals surface area contributed by atoms with Gasteiger partial charge in [0.1, 0.15) is 0 Å². The maximum atomic E-state index is 12.7. The molecule has 26 heavy (non-hydrogen) atoms. The number of likely N-dealkylation sites (N-methyl/N-ethyl adjacent to an activating group) is 1. The molecule has 1 fully saturated rings. The molecule has 5 heteroatoms. The lowest BCUT2D eigenvalue weighted by molar-refractivity contribution is 0.00393. The molecular weight excluding hydrogens is 328 g/mol. The molecule has 1 N–H and O–H groups in total. The van der Waals surface area contributed by atoms with Crippen molar-refractivity contribution in [2.75, 3.05) is 40.3 Å². The Morgan fingerprint density at radius 3 is 2.38 bits per heavy atom. The van der Waals surface area contributed by atoms with Crippen LogP contribution in [0.3, 0.4) is 0 Å². The molecule has 0 saturated carbocycles. The fourth-order valence-electron chi connectivity index (χ4n) is 3.07. The van der Waals surface area contributed by atoms with Crippen molar-refractivity contribution in [1.29, 1.82) is 0 Å². The Labute approximate surface area is 157 Å². The minimum atomic E-state index is -0.659. The SMILES string of the molecule is CN(C)CCOC1CCN(C(=O)c2ccc(CCC(C)(C)O)cc2)CC1. The lowest BCUT2D eigenvalue weighted by atomic mass is 9.98. The minimum absolute atomic E-state index is 0.103. The van der Waals surface area contributed by atoms with E-state index >= 15 is 0 Å². The summed E-state index contributed by atoms with van der Waals surface area (Å²) in [6.07, 6.45) is 3.60. The van der Waals surface area contributed by atoms with Crippen molar-refractivity contribution >= 4 is 5.91 Å². The van der Waals surface area contributed by atoms with Crippen molar-refractivity contribution in [1.82, 2.24) is 9.80 Å². The van der Waals surface area contributed by atoms with Gasteiger partial charge >= 0.3 is 0 Å². The number of ether oxygens (including phenoxy) is 1. The van der Waals surface area contributed by atoms with E-state index in [0.29, 0.717) is 6.42 Å². The number of rotatable bonds is 8. The number of hydrogen-bond acceptors (Lipinski definition) is 4. The van der Waals surface area contributed by atoms with Crippen molar-refractivity contribution in [3.05, 3.63) is 35.4 Å². The van der Waals surface area contributed by atoms with E-state index in [0.717, 1.165) is 56.6 Å². The minimum Gasteiger partial charge on any atom is -0.390 e. The van der Waals surface area contributed by atoms with E-state index in [4.69, 9.17) is 4.74 Å². The highest BCUT2D eigenvalue weighted by Gasteiger charge is 2.24. The van der Waals surface area contributed by atoms with Crippen molar-refractivity contribution in [3.63, 3.8) is 0 Å². The van der Waals surface area contributed by atoms with Gasteiger partial charge in [-0.2, -0.15) is 0 Å². The molecule has 1 aliphatic heterocycles. The number of aliphatic hydroxyl groups is 1. The third-order valence-corrected chi connectivity index (χ3v) is 4.85. The molecule has 0 bridgehead atoms. The molecule has 0 radical (unpaired) electrons. The summed E-state index contributed by atoms with van der Waals surface area (Å²) in [7, 11) is 4.08. The lowest BCUT2D eigenvalue weighted by Gasteiger charge is -2.32. The molecule has 1 aliphatic rings. The molecule has 0 aliphatic carbocycles. The van der Waals surface area contributed by atoms with Gasteiger partial charge < -0.3 is 19.6 Å². The van der Waals surface area contributed by atoms with Gasteiger partial charge in [0.25, 0.3) is 5.91 Å². The van der Waals surface area contributed by atoms with Crippen LogP contribution in [0, 0.1) is 0 Å². The first-order chi connectivity index (χ1) is 12.2. The third-order valence-electron chi connectivity index (χ3n) is 4.85. The molecule has 0 aromatic heterocycles. The summed E-state index contributed by atoms with van der Waals surface area (Å²) in [5.41, 5.74) is 1.23. The topological polar surface area (TPSA) is 53.0 Å². The number of likely N-dealkylation sites (tertiary alicyclic amines) is 1. The Balaban J connectivity index is 1.79. The molecule has 0 spiro atoms. The van der Waals surface area contributed by atoms with E-state index in [2.05, 4.69) is 4.90 Å². The molecule has 1 aromatic carbocycles. The molecule has 146 valence electrons. The summed E-state index contributed by atoms with van der Waals surface area (Å²) in [4.78, 5) is 16.7. The number of carbonyl (C=O) groups is 1. The molecule has 1 aromatic rings. The molecule has 1 saturated heterocycles. The summed E-state index contributed by atoms with van der Waals surface area (Å²) in [6, 6.07) is 7.80. The second-order valence-electron chi connectivity index (χ2n) is 8.17. The Morgan fingerprint density at radius 2 is 1.85 bits per heavy atom. The van der Waals surface area contributed by atoms with E-state index in [-0.39, 0.29) is 12.0 Å².